The molecular weight excluding hydrogens is 190 g/mol. The van der Waals surface area contributed by atoms with Gasteiger partial charge in [-0.25, -0.2) is 0 Å². The first-order valence-corrected chi connectivity index (χ1v) is 5.46. The molecule has 0 aromatic heterocycles. The molecule has 2 aliphatic rings. The van der Waals surface area contributed by atoms with Gasteiger partial charge in [0.15, 0.2) is 0 Å². The number of hydrogen-bond acceptors (Lipinski definition) is 3. The fourth-order valence-electron chi connectivity index (χ4n) is 2.27. The van der Waals surface area contributed by atoms with Crippen molar-refractivity contribution in [2.45, 2.75) is 19.1 Å². The van der Waals surface area contributed by atoms with Crippen molar-refractivity contribution >= 4 is 0 Å². The summed E-state index contributed by atoms with van der Waals surface area (Å²) in [7, 11) is 0. The second kappa shape index (κ2) is 3.51. The van der Waals surface area contributed by atoms with E-state index >= 15 is 0 Å². The van der Waals surface area contributed by atoms with E-state index in [0.29, 0.717) is 0 Å². The highest BCUT2D eigenvalue weighted by Gasteiger charge is 2.24. The summed E-state index contributed by atoms with van der Waals surface area (Å²) in [6.07, 6.45) is 0.925. The van der Waals surface area contributed by atoms with Crippen LogP contribution in [0.1, 0.15) is 11.1 Å². The average molecular weight is 205 g/mol. The molecule has 3 rings (SSSR count). The molecule has 1 aromatic rings. The van der Waals surface area contributed by atoms with Crippen molar-refractivity contribution in [1.82, 2.24) is 4.90 Å². The molecule has 0 amide bonds. The number of rotatable bonds is 2. The topological polar surface area (TPSA) is 32.7 Å². The molecule has 1 saturated heterocycles. The molecule has 0 radical (unpaired) electrons. The van der Waals surface area contributed by atoms with E-state index in [-0.39, 0.29) is 6.10 Å². The van der Waals surface area contributed by atoms with E-state index < -0.39 is 0 Å². The molecular formula is C12H15NO2. The van der Waals surface area contributed by atoms with Crippen LogP contribution < -0.4 is 4.74 Å². The quantitative estimate of drug-likeness (QED) is 0.775. The van der Waals surface area contributed by atoms with Crippen LogP contribution in [0.15, 0.2) is 18.2 Å². The van der Waals surface area contributed by atoms with Gasteiger partial charge in [0.2, 0.25) is 0 Å². The summed E-state index contributed by atoms with van der Waals surface area (Å²) in [4.78, 5) is 2.25. The zero-order valence-electron chi connectivity index (χ0n) is 8.65. The third kappa shape index (κ3) is 1.73. The minimum Gasteiger partial charge on any atom is -0.493 e. The molecule has 80 valence electrons. The van der Waals surface area contributed by atoms with Crippen molar-refractivity contribution in [3.05, 3.63) is 29.3 Å². The molecule has 15 heavy (non-hydrogen) atoms. The number of likely N-dealkylation sites (tertiary alicyclic amines) is 1. The fourth-order valence-corrected chi connectivity index (χ4v) is 2.27. The Morgan fingerprint density at radius 3 is 3.07 bits per heavy atom. The summed E-state index contributed by atoms with van der Waals surface area (Å²) in [5, 5.41) is 9.19. The van der Waals surface area contributed by atoms with Crippen LogP contribution in [-0.4, -0.2) is 35.8 Å². The summed E-state index contributed by atoms with van der Waals surface area (Å²) < 4.78 is 5.46. The third-order valence-electron chi connectivity index (χ3n) is 3.10. The predicted molar refractivity (Wildman–Crippen MR) is 56.9 cm³/mol. The van der Waals surface area contributed by atoms with Gasteiger partial charge in [-0.3, -0.25) is 4.90 Å². The van der Waals surface area contributed by atoms with E-state index in [9.17, 15) is 5.11 Å². The summed E-state index contributed by atoms with van der Waals surface area (Å²) in [5.41, 5.74) is 2.65. The van der Waals surface area contributed by atoms with Crippen LogP contribution in [-0.2, 0) is 13.0 Å². The Balaban J connectivity index is 1.70. The first-order chi connectivity index (χ1) is 7.31. The van der Waals surface area contributed by atoms with Crippen molar-refractivity contribution in [2.24, 2.45) is 0 Å². The van der Waals surface area contributed by atoms with Gasteiger partial charge in [-0.2, -0.15) is 0 Å². The lowest BCUT2D eigenvalue weighted by Gasteiger charge is -2.35. The monoisotopic (exact) mass is 205 g/mol. The maximum atomic E-state index is 9.19. The van der Waals surface area contributed by atoms with Gasteiger partial charge >= 0.3 is 0 Å². The molecule has 3 nitrogen and oxygen atoms in total. The van der Waals surface area contributed by atoms with Crippen molar-refractivity contribution in [3.8, 4) is 5.75 Å². The largest absolute Gasteiger partial charge is 0.493 e. The molecule has 3 heteroatoms. The molecule has 0 saturated carbocycles. The van der Waals surface area contributed by atoms with Crippen molar-refractivity contribution in [1.29, 1.82) is 0 Å². The lowest BCUT2D eigenvalue weighted by molar-refractivity contribution is -0.00287. The highest BCUT2D eigenvalue weighted by atomic mass is 16.5. The zero-order chi connectivity index (χ0) is 10.3. The standard InChI is InChI=1S/C12H15NO2/c14-11-7-13(8-11)6-9-1-2-12-10(5-9)3-4-15-12/h1-2,5,11,14H,3-4,6-8H2. The first-order valence-electron chi connectivity index (χ1n) is 5.46. The van der Waals surface area contributed by atoms with Crippen molar-refractivity contribution in [3.63, 3.8) is 0 Å². The Hall–Kier alpha value is -1.06. The molecule has 0 bridgehead atoms. The average Bonchev–Trinajstić information content (AvgIpc) is 2.62. The van der Waals surface area contributed by atoms with Crippen molar-refractivity contribution in [2.75, 3.05) is 19.7 Å². The van der Waals surface area contributed by atoms with Crippen molar-refractivity contribution < 1.29 is 9.84 Å². The van der Waals surface area contributed by atoms with Crippen LogP contribution >= 0.6 is 0 Å². The molecule has 2 heterocycles. The molecule has 1 aromatic carbocycles. The maximum Gasteiger partial charge on any atom is 0.122 e. The van der Waals surface area contributed by atoms with E-state index in [1.165, 1.54) is 11.1 Å². The fraction of sp³-hybridized carbons (Fsp3) is 0.500. The van der Waals surface area contributed by atoms with Gasteiger partial charge in [-0.15, -0.1) is 0 Å². The Morgan fingerprint density at radius 2 is 2.27 bits per heavy atom. The van der Waals surface area contributed by atoms with Gasteiger partial charge in [-0.1, -0.05) is 12.1 Å². The molecule has 0 atom stereocenters. The number of β-amino-alcohol motifs (C(OH)–C–C–N with tert-alkyl or cyclic N) is 1. The zero-order valence-corrected chi connectivity index (χ0v) is 8.65. The van der Waals surface area contributed by atoms with Crippen LogP contribution in [0.2, 0.25) is 0 Å². The molecule has 0 spiro atoms. The number of nitrogens with zero attached hydrogens (tertiary/aromatic N) is 1. The second-order valence-corrected chi connectivity index (χ2v) is 4.39. The van der Waals surface area contributed by atoms with Gasteiger partial charge in [0.25, 0.3) is 0 Å². The molecule has 1 N–H and O–H groups in total. The summed E-state index contributed by atoms with van der Waals surface area (Å²) >= 11 is 0. The van der Waals surface area contributed by atoms with Gasteiger partial charge in [-0.05, 0) is 17.2 Å². The van der Waals surface area contributed by atoms with E-state index in [4.69, 9.17) is 4.74 Å². The molecule has 2 aliphatic heterocycles. The van der Waals surface area contributed by atoms with E-state index in [0.717, 1.165) is 38.4 Å². The molecule has 0 aliphatic carbocycles. The third-order valence-corrected chi connectivity index (χ3v) is 3.10. The van der Waals surface area contributed by atoms with Gasteiger partial charge in [0, 0.05) is 26.1 Å². The SMILES string of the molecule is OC1CN(Cc2ccc3c(c2)CCO3)C1. The normalized spacial score (nSPS) is 20.9. The number of benzene rings is 1. The van der Waals surface area contributed by atoms with E-state index in [1.54, 1.807) is 0 Å². The number of aliphatic hydroxyl groups is 1. The minimum atomic E-state index is -0.109. The van der Waals surface area contributed by atoms with Crippen LogP contribution in [0.3, 0.4) is 0 Å². The maximum absolute atomic E-state index is 9.19. The number of aliphatic hydroxyl groups excluding tert-OH is 1. The smallest absolute Gasteiger partial charge is 0.122 e. The Morgan fingerprint density at radius 1 is 1.40 bits per heavy atom. The Kier molecular flexibility index (Phi) is 2.15. The van der Waals surface area contributed by atoms with E-state index in [2.05, 4.69) is 23.1 Å². The lowest BCUT2D eigenvalue weighted by Crippen LogP contribution is -2.49. The van der Waals surface area contributed by atoms with Crippen LogP contribution in [0.5, 0.6) is 5.75 Å². The predicted octanol–water partition coefficient (Wildman–Crippen LogP) is 0.798. The Labute approximate surface area is 89.3 Å². The number of hydrogen-bond donors (Lipinski definition) is 1. The van der Waals surface area contributed by atoms with Gasteiger partial charge in [0.05, 0.1) is 12.7 Å². The minimum absolute atomic E-state index is 0.109. The van der Waals surface area contributed by atoms with Crippen LogP contribution in [0, 0.1) is 0 Å². The Bertz CT molecular complexity index is 372. The molecule has 0 unspecified atom stereocenters. The summed E-state index contributed by atoms with van der Waals surface area (Å²) in [5.74, 6) is 1.04. The second-order valence-electron chi connectivity index (χ2n) is 4.39. The number of fused-ring (bicyclic) bond motifs is 1. The van der Waals surface area contributed by atoms with E-state index in [1.807, 2.05) is 0 Å². The van der Waals surface area contributed by atoms with Crippen LogP contribution in [0.25, 0.3) is 0 Å². The lowest BCUT2D eigenvalue weighted by atomic mass is 10.1. The molecule has 1 fully saturated rings. The first kappa shape index (κ1) is 9.19. The highest BCUT2D eigenvalue weighted by Crippen LogP contribution is 2.26. The van der Waals surface area contributed by atoms with Gasteiger partial charge < -0.3 is 9.84 Å². The van der Waals surface area contributed by atoms with Gasteiger partial charge in [0.1, 0.15) is 5.75 Å². The van der Waals surface area contributed by atoms with Crippen LogP contribution in [0.4, 0.5) is 0 Å². The highest BCUT2D eigenvalue weighted by molar-refractivity contribution is 5.39. The summed E-state index contributed by atoms with van der Waals surface area (Å²) in [6.45, 7) is 3.40. The summed E-state index contributed by atoms with van der Waals surface area (Å²) in [6, 6.07) is 6.41. The number of ether oxygens (including phenoxy) is 1.